The van der Waals surface area contributed by atoms with Crippen LogP contribution in [0.15, 0.2) is 23.1 Å². The largest absolute Gasteiger partial charge is 0.393 e. The third-order valence-corrected chi connectivity index (χ3v) is 10.2. The number of piperazine rings is 1. The molecule has 2 aliphatic heterocycles. The Morgan fingerprint density at radius 3 is 2.28 bits per heavy atom. The Balaban J connectivity index is 1.37. The van der Waals surface area contributed by atoms with Gasteiger partial charge in [0, 0.05) is 63.3 Å². The molecule has 1 aromatic heterocycles. The van der Waals surface area contributed by atoms with Crippen LogP contribution in [-0.4, -0.2) is 110 Å². The first-order valence-electron chi connectivity index (χ1n) is 15.5. The van der Waals surface area contributed by atoms with Gasteiger partial charge < -0.3 is 31.3 Å². The van der Waals surface area contributed by atoms with Crippen molar-refractivity contribution in [2.24, 2.45) is 5.73 Å². The van der Waals surface area contributed by atoms with Crippen LogP contribution in [0.4, 0.5) is 23.0 Å². The number of rotatable bonds is 9. The molecule has 1 aliphatic carbocycles. The Labute approximate surface area is 255 Å². The van der Waals surface area contributed by atoms with Crippen LogP contribution >= 0.6 is 0 Å². The van der Waals surface area contributed by atoms with E-state index in [4.69, 9.17) is 10.7 Å². The Morgan fingerprint density at radius 2 is 1.67 bits per heavy atom. The zero-order valence-corrected chi connectivity index (χ0v) is 26.4. The smallest absolute Gasteiger partial charge is 0.271 e. The molecule has 236 valence electrons. The molecule has 43 heavy (non-hydrogen) atoms. The monoisotopic (exact) mass is 614 g/mol. The number of anilines is 4. The topological polar surface area (TPSA) is 157 Å². The number of aromatic nitrogens is 2. The summed E-state index contributed by atoms with van der Waals surface area (Å²) in [6.07, 6.45) is 6.50. The Hall–Kier alpha value is -3.00. The molecule has 1 amide bonds. The second kappa shape index (κ2) is 13.3. The Kier molecular flexibility index (Phi) is 9.74. The molecule has 3 fully saturated rings. The van der Waals surface area contributed by atoms with E-state index in [9.17, 15) is 18.3 Å². The quantitative estimate of drug-likeness (QED) is 0.328. The van der Waals surface area contributed by atoms with E-state index in [0.29, 0.717) is 48.2 Å². The van der Waals surface area contributed by atoms with Gasteiger partial charge in [-0.3, -0.25) is 9.69 Å². The van der Waals surface area contributed by atoms with E-state index < -0.39 is 15.7 Å². The number of aryl methyl sites for hydroxylation is 1. The lowest BCUT2D eigenvalue weighted by atomic mass is 9.93. The number of nitrogens with two attached hydrogens (primary N) is 1. The van der Waals surface area contributed by atoms with E-state index in [-0.39, 0.29) is 28.6 Å². The van der Waals surface area contributed by atoms with Gasteiger partial charge in [0.15, 0.2) is 21.3 Å². The fraction of sp³-hybridized carbons (Fsp3) is 0.633. The van der Waals surface area contributed by atoms with Crippen molar-refractivity contribution >= 4 is 38.8 Å². The summed E-state index contributed by atoms with van der Waals surface area (Å²) in [7, 11) is -1.41. The zero-order chi connectivity index (χ0) is 30.7. The fourth-order valence-corrected chi connectivity index (χ4v) is 7.37. The molecule has 3 aliphatic rings. The lowest BCUT2D eigenvalue weighted by Crippen LogP contribution is -2.52. The normalized spacial score (nSPS) is 22.8. The number of likely N-dealkylation sites (N-methyl/N-ethyl adjacent to an activating group) is 1. The second-order valence-electron chi connectivity index (χ2n) is 12.2. The van der Waals surface area contributed by atoms with Crippen LogP contribution in [0, 0.1) is 0 Å². The highest BCUT2D eigenvalue weighted by Crippen LogP contribution is 2.33. The van der Waals surface area contributed by atoms with Gasteiger partial charge >= 0.3 is 0 Å². The number of nitrogens with zero attached hydrogens (tertiary/aromatic N) is 5. The zero-order valence-electron chi connectivity index (χ0n) is 25.6. The molecule has 0 bridgehead atoms. The predicted molar refractivity (Wildman–Crippen MR) is 169 cm³/mol. The average molecular weight is 615 g/mol. The van der Waals surface area contributed by atoms with Gasteiger partial charge in [-0.25, -0.2) is 18.4 Å². The van der Waals surface area contributed by atoms with Crippen molar-refractivity contribution in [2.75, 3.05) is 68.1 Å². The lowest BCUT2D eigenvalue weighted by molar-refractivity contribution is 0.0981. The predicted octanol–water partition coefficient (Wildman–Crippen LogP) is 2.22. The van der Waals surface area contributed by atoms with Gasteiger partial charge in [0.25, 0.3) is 5.91 Å². The highest BCUT2D eigenvalue weighted by Gasteiger charge is 2.29. The van der Waals surface area contributed by atoms with Gasteiger partial charge in [-0.1, -0.05) is 6.92 Å². The molecule has 1 saturated carbocycles. The summed E-state index contributed by atoms with van der Waals surface area (Å²) in [5, 5.41) is 16.5. The Bertz CT molecular complexity index is 1400. The van der Waals surface area contributed by atoms with Gasteiger partial charge in [-0.2, -0.15) is 0 Å². The van der Waals surface area contributed by atoms with Crippen LogP contribution in [0.25, 0.3) is 0 Å². The number of nitrogens with one attached hydrogen (secondary N) is 2. The fourth-order valence-electron chi connectivity index (χ4n) is 6.45. The number of amides is 1. The summed E-state index contributed by atoms with van der Waals surface area (Å²) in [5.74, 6) is 0.00280. The van der Waals surface area contributed by atoms with Crippen LogP contribution < -0.4 is 21.3 Å². The van der Waals surface area contributed by atoms with Gasteiger partial charge in [-0.15, -0.1) is 0 Å². The van der Waals surface area contributed by atoms with E-state index in [0.717, 1.165) is 65.0 Å². The summed E-state index contributed by atoms with van der Waals surface area (Å²) in [6.45, 7) is 7.82. The number of benzene rings is 1. The van der Waals surface area contributed by atoms with Crippen LogP contribution in [0.3, 0.4) is 0 Å². The highest BCUT2D eigenvalue weighted by atomic mass is 32.2. The van der Waals surface area contributed by atoms with Crippen molar-refractivity contribution in [3.05, 3.63) is 29.6 Å². The van der Waals surface area contributed by atoms with Crippen LogP contribution in [0.1, 0.15) is 61.6 Å². The van der Waals surface area contributed by atoms with E-state index in [1.165, 1.54) is 6.26 Å². The van der Waals surface area contributed by atoms with Crippen molar-refractivity contribution in [1.29, 1.82) is 0 Å². The van der Waals surface area contributed by atoms with Gasteiger partial charge in [-0.05, 0) is 70.2 Å². The summed E-state index contributed by atoms with van der Waals surface area (Å²) in [6, 6.07) is 5.90. The molecule has 13 heteroatoms. The molecule has 2 aromatic rings. The minimum absolute atomic E-state index is 0.00238. The molecule has 2 saturated heterocycles. The standard InChI is InChI=1S/C30H46N8O4S/c1-4-24-29(32-20-5-8-23(39)9-6-20)35-30(27(34-24)28(31)40)33-21-7-10-25(26(19-21)43(3,41)42)38-13-11-22(12-14-38)37-17-15-36(2)16-18-37/h7,10,19-20,22-23,39H,4-6,8-9,11-18H2,1-3H3,(H2,31,40)(H2,32,33,35)/t20-,23-. The number of primary amides is 1. The van der Waals surface area contributed by atoms with Crippen LogP contribution in [0.2, 0.25) is 0 Å². The first-order valence-corrected chi connectivity index (χ1v) is 17.3. The maximum atomic E-state index is 13.0. The van der Waals surface area contributed by atoms with Crippen molar-refractivity contribution in [3.63, 3.8) is 0 Å². The molecule has 0 atom stereocenters. The number of hydrogen-bond donors (Lipinski definition) is 4. The number of carbonyl (C=O) groups is 1. The molecule has 12 nitrogen and oxygen atoms in total. The Morgan fingerprint density at radius 1 is 1.00 bits per heavy atom. The molecular weight excluding hydrogens is 568 g/mol. The first kappa shape index (κ1) is 31.4. The number of aliphatic hydroxyl groups is 1. The number of aliphatic hydroxyl groups excluding tert-OH is 1. The summed E-state index contributed by atoms with van der Waals surface area (Å²) >= 11 is 0. The van der Waals surface area contributed by atoms with Crippen molar-refractivity contribution in [1.82, 2.24) is 19.8 Å². The van der Waals surface area contributed by atoms with E-state index in [2.05, 4.69) is 37.4 Å². The molecular formula is C30H46N8O4S. The van der Waals surface area contributed by atoms with Crippen molar-refractivity contribution in [2.45, 2.75) is 75.0 Å². The summed E-state index contributed by atoms with van der Waals surface area (Å²) < 4.78 is 26.0. The number of hydrogen-bond acceptors (Lipinski definition) is 11. The van der Waals surface area contributed by atoms with E-state index >= 15 is 0 Å². The van der Waals surface area contributed by atoms with Gasteiger partial charge in [0.1, 0.15) is 5.82 Å². The summed E-state index contributed by atoms with van der Waals surface area (Å²) in [4.78, 5) is 29.0. The molecule has 0 radical (unpaired) electrons. The number of sulfone groups is 1. The maximum absolute atomic E-state index is 13.0. The molecule has 5 N–H and O–H groups in total. The number of carbonyl (C=O) groups excluding carboxylic acids is 1. The minimum atomic E-state index is -3.56. The van der Waals surface area contributed by atoms with Crippen LogP contribution in [0.5, 0.6) is 0 Å². The third-order valence-electron chi connectivity index (χ3n) is 9.06. The maximum Gasteiger partial charge on any atom is 0.271 e. The minimum Gasteiger partial charge on any atom is -0.393 e. The second-order valence-corrected chi connectivity index (χ2v) is 14.2. The first-order chi connectivity index (χ1) is 20.5. The average Bonchev–Trinajstić information content (AvgIpc) is 2.98. The van der Waals surface area contributed by atoms with E-state index in [1.54, 1.807) is 6.07 Å². The molecule has 0 spiro atoms. The molecule has 1 aromatic carbocycles. The third kappa shape index (κ3) is 7.57. The van der Waals surface area contributed by atoms with Crippen LogP contribution in [-0.2, 0) is 16.3 Å². The summed E-state index contributed by atoms with van der Waals surface area (Å²) in [5.41, 5.74) is 7.48. The van der Waals surface area contributed by atoms with Crippen molar-refractivity contribution in [3.8, 4) is 0 Å². The van der Waals surface area contributed by atoms with Crippen molar-refractivity contribution < 1.29 is 18.3 Å². The molecule has 3 heterocycles. The SMILES string of the molecule is CCc1nc(C(N)=O)c(Nc2ccc(N3CCC(N4CCN(C)CC4)CC3)c(S(C)(=O)=O)c2)nc1N[C@H]1CC[C@H](O)CC1. The lowest BCUT2D eigenvalue weighted by Gasteiger charge is -2.42. The van der Waals surface area contributed by atoms with Gasteiger partial charge in [0.05, 0.1) is 22.4 Å². The van der Waals surface area contributed by atoms with Gasteiger partial charge in [0.2, 0.25) is 0 Å². The highest BCUT2D eigenvalue weighted by molar-refractivity contribution is 7.90. The number of piperidine rings is 1. The van der Waals surface area contributed by atoms with E-state index in [1.807, 2.05) is 19.1 Å². The molecule has 5 rings (SSSR count). The molecule has 0 unspecified atom stereocenters.